The van der Waals surface area contributed by atoms with Crippen LogP contribution in [0.3, 0.4) is 0 Å². The van der Waals surface area contributed by atoms with Crippen molar-refractivity contribution in [2.75, 3.05) is 0 Å². The number of hydrogen-bond acceptors (Lipinski definition) is 7. The van der Waals surface area contributed by atoms with Gasteiger partial charge in [0, 0.05) is 35.3 Å². The minimum absolute atomic E-state index is 0.0953. The van der Waals surface area contributed by atoms with Gasteiger partial charge in [-0.3, -0.25) is 9.78 Å². The van der Waals surface area contributed by atoms with Crippen molar-refractivity contribution in [2.24, 2.45) is 0 Å². The van der Waals surface area contributed by atoms with Gasteiger partial charge in [-0.1, -0.05) is 12.8 Å². The molecule has 0 unspecified atom stereocenters. The number of rotatable bonds is 5. The maximum atomic E-state index is 12.7. The molecule has 0 aromatic carbocycles. The second-order valence-corrected chi connectivity index (χ2v) is 7.57. The zero-order valence-electron chi connectivity index (χ0n) is 17.1. The van der Waals surface area contributed by atoms with Gasteiger partial charge in [0.15, 0.2) is 5.69 Å². The van der Waals surface area contributed by atoms with Gasteiger partial charge < -0.3 is 20.5 Å². The third kappa shape index (κ3) is 4.61. The van der Waals surface area contributed by atoms with E-state index >= 15 is 0 Å². The number of nitrogens with zero attached hydrogens (tertiary/aromatic N) is 3. The fourth-order valence-corrected chi connectivity index (χ4v) is 3.61. The van der Waals surface area contributed by atoms with E-state index in [1.54, 1.807) is 24.5 Å². The first-order valence-corrected chi connectivity index (χ1v) is 10.1. The summed E-state index contributed by atoms with van der Waals surface area (Å²) in [5.74, 6) is -0.183. The summed E-state index contributed by atoms with van der Waals surface area (Å²) in [6, 6.07) is 6.00. The monoisotopic (exact) mass is 414 g/mol. The van der Waals surface area contributed by atoms with E-state index in [4.69, 9.17) is 9.83 Å². The maximum Gasteiger partial charge on any atom is 0.277 e. The number of nitriles is 1. The summed E-state index contributed by atoms with van der Waals surface area (Å²) in [7, 11) is 0. The SMILES string of the molecule is Cc1cc(-c2nc(C(=O)NC3=C/C(=C/NC4CCCC4)C(=N)C=C3C#N)co2)ccn1. The number of pyridine rings is 1. The second-order valence-electron chi connectivity index (χ2n) is 7.57. The minimum Gasteiger partial charge on any atom is -0.444 e. The molecule has 156 valence electrons. The van der Waals surface area contributed by atoms with Crippen LogP contribution < -0.4 is 10.6 Å². The molecule has 8 nitrogen and oxygen atoms in total. The number of aromatic nitrogens is 2. The van der Waals surface area contributed by atoms with Crippen LogP contribution in [0.15, 0.2) is 64.2 Å². The Morgan fingerprint density at radius 1 is 1.35 bits per heavy atom. The van der Waals surface area contributed by atoms with E-state index in [-0.39, 0.29) is 17.0 Å². The molecule has 2 aliphatic carbocycles. The van der Waals surface area contributed by atoms with Crippen LogP contribution in [0.4, 0.5) is 0 Å². The van der Waals surface area contributed by atoms with Gasteiger partial charge >= 0.3 is 0 Å². The van der Waals surface area contributed by atoms with Gasteiger partial charge in [-0.25, -0.2) is 4.98 Å². The molecule has 2 aliphatic rings. The van der Waals surface area contributed by atoms with E-state index in [1.807, 2.05) is 19.1 Å². The van der Waals surface area contributed by atoms with Gasteiger partial charge in [0.1, 0.15) is 12.3 Å². The predicted octanol–water partition coefficient (Wildman–Crippen LogP) is 3.56. The molecule has 1 saturated carbocycles. The van der Waals surface area contributed by atoms with Crippen molar-refractivity contribution in [3.05, 3.63) is 71.2 Å². The molecule has 0 aliphatic heterocycles. The summed E-state index contributed by atoms with van der Waals surface area (Å²) < 4.78 is 5.45. The molecule has 31 heavy (non-hydrogen) atoms. The van der Waals surface area contributed by atoms with Gasteiger partial charge in [-0.15, -0.1) is 0 Å². The van der Waals surface area contributed by atoms with Crippen LogP contribution in [0.1, 0.15) is 41.9 Å². The van der Waals surface area contributed by atoms with Crippen LogP contribution in [0, 0.1) is 23.7 Å². The van der Waals surface area contributed by atoms with Crippen LogP contribution in [-0.2, 0) is 0 Å². The van der Waals surface area contributed by atoms with Crippen molar-refractivity contribution in [3.63, 3.8) is 0 Å². The Bertz CT molecular complexity index is 1160. The lowest BCUT2D eigenvalue weighted by atomic mass is 9.98. The van der Waals surface area contributed by atoms with Crippen LogP contribution in [0.2, 0.25) is 0 Å². The van der Waals surface area contributed by atoms with E-state index in [1.165, 1.54) is 25.2 Å². The number of aryl methyl sites for hydroxylation is 1. The van der Waals surface area contributed by atoms with Crippen molar-refractivity contribution in [2.45, 2.75) is 38.6 Å². The molecule has 2 aromatic rings. The molecule has 0 spiro atoms. The van der Waals surface area contributed by atoms with Gasteiger partial charge in [0.05, 0.1) is 17.0 Å². The quantitative estimate of drug-likeness (QED) is 0.686. The average molecular weight is 414 g/mol. The lowest BCUT2D eigenvalue weighted by Crippen LogP contribution is -2.27. The summed E-state index contributed by atoms with van der Waals surface area (Å²) in [4.78, 5) is 21.1. The van der Waals surface area contributed by atoms with Gasteiger partial charge in [-0.2, -0.15) is 5.26 Å². The summed E-state index contributed by atoms with van der Waals surface area (Å²) in [6.45, 7) is 1.86. The lowest BCUT2D eigenvalue weighted by molar-refractivity contribution is 0.0962. The van der Waals surface area contributed by atoms with Crippen LogP contribution in [0.25, 0.3) is 11.5 Å². The van der Waals surface area contributed by atoms with Crippen LogP contribution >= 0.6 is 0 Å². The molecule has 0 radical (unpaired) electrons. The highest BCUT2D eigenvalue weighted by Crippen LogP contribution is 2.22. The number of carbonyl (C=O) groups is 1. The molecule has 1 fully saturated rings. The molecular formula is C23H22N6O2. The Kier molecular flexibility index (Phi) is 5.76. The maximum absolute atomic E-state index is 12.7. The van der Waals surface area contributed by atoms with Crippen molar-refractivity contribution >= 4 is 11.6 Å². The Morgan fingerprint density at radius 2 is 2.16 bits per heavy atom. The first-order valence-electron chi connectivity index (χ1n) is 10.1. The van der Waals surface area contributed by atoms with E-state index in [0.29, 0.717) is 23.2 Å². The number of amides is 1. The van der Waals surface area contributed by atoms with Crippen molar-refractivity contribution in [1.29, 1.82) is 10.7 Å². The van der Waals surface area contributed by atoms with Crippen molar-refractivity contribution < 1.29 is 9.21 Å². The summed E-state index contributed by atoms with van der Waals surface area (Å²) in [5.41, 5.74) is 2.99. The zero-order valence-corrected chi connectivity index (χ0v) is 17.1. The van der Waals surface area contributed by atoms with E-state index in [9.17, 15) is 10.1 Å². The van der Waals surface area contributed by atoms with E-state index in [0.717, 1.165) is 24.1 Å². The lowest BCUT2D eigenvalue weighted by Gasteiger charge is -2.16. The molecule has 2 heterocycles. The standard InChI is InChI=1S/C23H22N6O2/c1-14-8-15(6-7-26-14)23-29-21(13-31-23)22(30)28-20-10-17(19(25)9-16(20)11-24)12-27-18-4-2-3-5-18/h6-10,12-13,18,25,27H,2-5H2,1H3,(H,28,30)/b17-12-,25-19?. The number of nitrogens with one attached hydrogen (secondary N) is 3. The van der Waals surface area contributed by atoms with Crippen LogP contribution in [-0.4, -0.2) is 27.6 Å². The Morgan fingerprint density at radius 3 is 2.90 bits per heavy atom. The number of carbonyl (C=O) groups excluding carboxylic acids is 1. The number of oxazole rings is 1. The Hall–Kier alpha value is -3.99. The molecule has 8 heteroatoms. The normalized spacial score (nSPS) is 17.8. The summed E-state index contributed by atoms with van der Waals surface area (Å²) in [5, 5.41) is 23.7. The molecule has 1 amide bonds. The average Bonchev–Trinajstić information content (AvgIpc) is 3.46. The smallest absolute Gasteiger partial charge is 0.277 e. The predicted molar refractivity (Wildman–Crippen MR) is 115 cm³/mol. The first-order chi connectivity index (χ1) is 15.0. The Labute approximate surface area is 179 Å². The first kappa shape index (κ1) is 20.3. The largest absolute Gasteiger partial charge is 0.444 e. The molecular weight excluding hydrogens is 392 g/mol. The topological polar surface area (TPSA) is 128 Å². The molecule has 0 bridgehead atoms. The number of allylic oxidation sites excluding steroid dienone is 4. The van der Waals surface area contributed by atoms with Crippen molar-refractivity contribution in [1.82, 2.24) is 20.6 Å². The van der Waals surface area contributed by atoms with Gasteiger partial charge in [0.2, 0.25) is 5.89 Å². The van der Waals surface area contributed by atoms with Crippen molar-refractivity contribution in [3.8, 4) is 17.5 Å². The van der Waals surface area contributed by atoms with Gasteiger partial charge in [-0.05, 0) is 44.1 Å². The highest BCUT2D eigenvalue weighted by Gasteiger charge is 2.21. The molecule has 2 aromatic heterocycles. The summed E-state index contributed by atoms with van der Waals surface area (Å²) >= 11 is 0. The molecule has 0 saturated heterocycles. The van der Waals surface area contributed by atoms with Gasteiger partial charge in [0.25, 0.3) is 5.91 Å². The highest BCUT2D eigenvalue weighted by atomic mass is 16.3. The third-order valence-corrected chi connectivity index (χ3v) is 5.27. The van der Waals surface area contributed by atoms with Crippen LogP contribution in [0.5, 0.6) is 0 Å². The van der Waals surface area contributed by atoms with E-state index < -0.39 is 5.91 Å². The summed E-state index contributed by atoms with van der Waals surface area (Å²) in [6.07, 6.45) is 12.4. The molecule has 3 N–H and O–H groups in total. The number of hydrogen-bond donors (Lipinski definition) is 3. The molecule has 4 rings (SSSR count). The highest BCUT2D eigenvalue weighted by molar-refractivity contribution is 6.11. The Balaban J connectivity index is 1.52. The fourth-order valence-electron chi connectivity index (χ4n) is 3.61. The molecule has 0 atom stereocenters. The van der Waals surface area contributed by atoms with E-state index in [2.05, 4.69) is 20.6 Å². The minimum atomic E-state index is -0.496. The third-order valence-electron chi connectivity index (χ3n) is 5.27. The zero-order chi connectivity index (χ0) is 21.8. The second kappa shape index (κ2) is 8.79. The fraction of sp³-hybridized carbons (Fsp3) is 0.261.